The first kappa shape index (κ1) is 22.7. The molecule has 1 aliphatic rings. The number of nitrogens with zero attached hydrogens (tertiary/aromatic N) is 1. The van der Waals surface area contributed by atoms with Gasteiger partial charge in [-0.3, -0.25) is 4.79 Å². The minimum Gasteiger partial charge on any atom is -0.385 e. The van der Waals surface area contributed by atoms with E-state index < -0.39 is 40.7 Å². The molecule has 0 saturated carbocycles. The zero-order valence-corrected chi connectivity index (χ0v) is 16.9. The van der Waals surface area contributed by atoms with Crippen molar-refractivity contribution < 1.29 is 23.1 Å². The highest BCUT2D eigenvalue weighted by atomic mass is 19.2. The highest BCUT2D eigenvalue weighted by molar-refractivity contribution is 6.01. The maximum absolute atomic E-state index is 14.4. The van der Waals surface area contributed by atoms with Crippen LogP contribution in [-0.4, -0.2) is 40.6 Å². The molecule has 0 aliphatic carbocycles. The Kier molecular flexibility index (Phi) is 6.92. The van der Waals surface area contributed by atoms with E-state index in [1.807, 2.05) is 13.8 Å². The fourth-order valence-electron chi connectivity index (χ4n) is 2.92. The Balaban J connectivity index is 0.00000145. The molecule has 0 spiro atoms. The van der Waals surface area contributed by atoms with Crippen molar-refractivity contribution in [3.63, 3.8) is 0 Å². The van der Waals surface area contributed by atoms with Gasteiger partial charge in [-0.15, -0.1) is 0 Å². The van der Waals surface area contributed by atoms with E-state index in [0.29, 0.717) is 5.56 Å². The molecule has 0 radical (unpaired) electrons. The third-order valence-electron chi connectivity index (χ3n) is 4.77. The molecule has 4 N–H and O–H groups in total. The maximum Gasteiger partial charge on any atom is 0.256 e. The fourth-order valence-corrected chi connectivity index (χ4v) is 2.92. The Hall–Kier alpha value is -2.58. The number of carbonyl (C=O) groups is 1. The smallest absolute Gasteiger partial charge is 0.256 e. The largest absolute Gasteiger partial charge is 0.385 e. The van der Waals surface area contributed by atoms with E-state index in [1.54, 1.807) is 19.9 Å². The van der Waals surface area contributed by atoms with Gasteiger partial charge in [-0.05, 0) is 43.7 Å². The molecule has 1 heterocycles. The molecule has 8 heteroatoms. The molecular formula is C21H26F3N3O2. The lowest BCUT2D eigenvalue weighted by Gasteiger charge is -2.48. The number of anilines is 2. The average Bonchev–Trinajstić information content (AvgIpc) is 2.65. The quantitative estimate of drug-likeness (QED) is 0.719. The summed E-state index contributed by atoms with van der Waals surface area (Å²) >= 11 is 0. The van der Waals surface area contributed by atoms with Crippen LogP contribution in [0.25, 0.3) is 0 Å². The summed E-state index contributed by atoms with van der Waals surface area (Å²) in [6, 6.07) is 5.61. The third-order valence-corrected chi connectivity index (χ3v) is 4.77. The number of halogens is 3. The van der Waals surface area contributed by atoms with Gasteiger partial charge in [0.05, 0.1) is 30.0 Å². The number of aliphatic hydroxyl groups is 1. The van der Waals surface area contributed by atoms with Gasteiger partial charge in [-0.25, -0.2) is 13.2 Å². The van der Waals surface area contributed by atoms with Crippen LogP contribution in [0.15, 0.2) is 30.3 Å². The number of hydrogen-bond acceptors (Lipinski definition) is 4. The van der Waals surface area contributed by atoms with Crippen LogP contribution in [0.1, 0.15) is 36.7 Å². The van der Waals surface area contributed by atoms with Crippen molar-refractivity contribution in [1.29, 1.82) is 0 Å². The Morgan fingerprint density at radius 1 is 1.17 bits per heavy atom. The molecule has 0 bridgehead atoms. The van der Waals surface area contributed by atoms with E-state index in [0.717, 1.165) is 12.1 Å². The van der Waals surface area contributed by atoms with Gasteiger partial charge in [-0.1, -0.05) is 19.9 Å². The molecule has 158 valence electrons. The van der Waals surface area contributed by atoms with Gasteiger partial charge in [0.1, 0.15) is 11.4 Å². The molecule has 1 saturated heterocycles. The lowest BCUT2D eigenvalue weighted by molar-refractivity contribution is -0.0931. The maximum atomic E-state index is 14.4. The van der Waals surface area contributed by atoms with E-state index in [1.165, 1.54) is 17.0 Å². The first-order valence-corrected chi connectivity index (χ1v) is 9.41. The number of carbonyl (C=O) groups excluding carboxylic acids is 1. The van der Waals surface area contributed by atoms with Crippen molar-refractivity contribution in [2.45, 2.75) is 39.3 Å². The number of rotatable bonds is 4. The number of nitrogens with two attached hydrogens (primary N) is 1. The van der Waals surface area contributed by atoms with Crippen LogP contribution in [0.2, 0.25) is 0 Å². The molecule has 2 aromatic carbocycles. The summed E-state index contributed by atoms with van der Waals surface area (Å²) in [5, 5.41) is 12.7. The normalized spacial score (nSPS) is 15.7. The summed E-state index contributed by atoms with van der Waals surface area (Å²) in [7, 11) is 0. The summed E-state index contributed by atoms with van der Waals surface area (Å²) in [5.41, 5.74) is 4.41. The number of aryl methyl sites for hydroxylation is 1. The minimum atomic E-state index is -1.29. The van der Waals surface area contributed by atoms with Gasteiger partial charge >= 0.3 is 0 Å². The molecule has 1 amide bonds. The van der Waals surface area contributed by atoms with E-state index in [4.69, 9.17) is 5.73 Å². The summed E-state index contributed by atoms with van der Waals surface area (Å²) < 4.78 is 42.2. The molecule has 1 fully saturated rings. The van der Waals surface area contributed by atoms with Crippen molar-refractivity contribution >= 4 is 17.3 Å². The van der Waals surface area contributed by atoms with Crippen LogP contribution in [0.5, 0.6) is 0 Å². The van der Waals surface area contributed by atoms with Gasteiger partial charge in [0.25, 0.3) is 5.91 Å². The fraction of sp³-hybridized carbons (Fsp3) is 0.381. The molecule has 2 aromatic rings. The number of amides is 1. The van der Waals surface area contributed by atoms with Gasteiger partial charge in [0.2, 0.25) is 0 Å². The van der Waals surface area contributed by atoms with E-state index in [9.17, 15) is 23.1 Å². The number of likely N-dealkylation sites (tertiary alicyclic amines) is 1. The highest BCUT2D eigenvalue weighted by Gasteiger charge is 2.47. The topological polar surface area (TPSA) is 78.6 Å². The second kappa shape index (κ2) is 8.84. The van der Waals surface area contributed by atoms with Crippen LogP contribution in [0.3, 0.4) is 0 Å². The molecule has 3 rings (SSSR count). The predicted molar refractivity (Wildman–Crippen MR) is 107 cm³/mol. The van der Waals surface area contributed by atoms with E-state index >= 15 is 0 Å². The highest BCUT2D eigenvalue weighted by Crippen LogP contribution is 2.32. The van der Waals surface area contributed by atoms with Crippen molar-refractivity contribution in [2.75, 3.05) is 18.4 Å². The lowest BCUT2D eigenvalue weighted by atomic mass is 9.87. The number of benzene rings is 2. The molecule has 0 aromatic heterocycles. The molecule has 29 heavy (non-hydrogen) atoms. The van der Waals surface area contributed by atoms with Gasteiger partial charge in [-0.2, -0.15) is 0 Å². The Morgan fingerprint density at radius 2 is 1.79 bits per heavy atom. The van der Waals surface area contributed by atoms with Crippen molar-refractivity contribution in [3.8, 4) is 0 Å². The first-order chi connectivity index (χ1) is 13.6. The lowest BCUT2D eigenvalue weighted by Crippen LogP contribution is -2.70. The standard InChI is InChI=1S/C19H20F3N3O2.C2H6/c1-10-3-6-15(14(21)7-10)24-17-12(4-5-13(20)16(17)22)18(26)25-8-19(27,9-25)11(2)23;1-2/h3-7,11,24,27H,8-9,23H2,1-2H3;1-2H3. The van der Waals surface area contributed by atoms with Gasteiger partial charge in [0.15, 0.2) is 11.6 Å². The average molecular weight is 409 g/mol. The summed E-state index contributed by atoms with van der Waals surface area (Å²) in [5.74, 6) is -3.73. The van der Waals surface area contributed by atoms with Crippen LogP contribution in [-0.2, 0) is 0 Å². The van der Waals surface area contributed by atoms with E-state index in [-0.39, 0.29) is 24.3 Å². The van der Waals surface area contributed by atoms with Crippen LogP contribution in [0.4, 0.5) is 24.5 Å². The molecule has 1 unspecified atom stereocenters. The van der Waals surface area contributed by atoms with Gasteiger partial charge < -0.3 is 21.1 Å². The zero-order chi connectivity index (χ0) is 21.9. The summed E-state index contributed by atoms with van der Waals surface area (Å²) in [6.45, 7) is 7.25. The molecule has 1 atom stereocenters. The van der Waals surface area contributed by atoms with E-state index in [2.05, 4.69) is 5.32 Å². The molecular weight excluding hydrogens is 383 g/mol. The van der Waals surface area contributed by atoms with Crippen LogP contribution >= 0.6 is 0 Å². The Bertz CT molecular complexity index is 897. The van der Waals surface area contributed by atoms with Crippen molar-refractivity contribution in [2.24, 2.45) is 5.73 Å². The second-order valence-corrected chi connectivity index (χ2v) is 6.95. The Morgan fingerprint density at radius 3 is 2.34 bits per heavy atom. The Labute approximate surface area is 168 Å². The second-order valence-electron chi connectivity index (χ2n) is 6.95. The van der Waals surface area contributed by atoms with Gasteiger partial charge in [0, 0.05) is 6.04 Å². The number of hydrogen-bond donors (Lipinski definition) is 3. The predicted octanol–water partition coefficient (Wildman–Crippen LogP) is 3.72. The van der Waals surface area contributed by atoms with Crippen molar-refractivity contribution in [1.82, 2.24) is 4.90 Å². The summed E-state index contributed by atoms with van der Waals surface area (Å²) in [4.78, 5) is 14.0. The third kappa shape index (κ3) is 4.54. The molecule has 5 nitrogen and oxygen atoms in total. The first-order valence-electron chi connectivity index (χ1n) is 9.41. The van der Waals surface area contributed by atoms with Crippen LogP contribution in [0, 0.1) is 24.4 Å². The SMILES string of the molecule is CC.Cc1ccc(Nc2c(C(=O)N3CC(O)(C(C)N)C3)ccc(F)c2F)c(F)c1. The minimum absolute atomic E-state index is 0.0270. The zero-order valence-electron chi connectivity index (χ0n) is 16.9. The number of β-amino-alcohol motifs (C(OH)–C–C–N with tert-alkyl or cyclic N) is 1. The summed E-state index contributed by atoms with van der Waals surface area (Å²) in [6.07, 6.45) is 0. The monoisotopic (exact) mass is 409 g/mol. The van der Waals surface area contributed by atoms with Crippen LogP contribution < -0.4 is 11.1 Å². The number of nitrogens with one attached hydrogen (secondary N) is 1. The molecule has 1 aliphatic heterocycles. The van der Waals surface area contributed by atoms with Crippen molar-refractivity contribution in [3.05, 3.63) is 58.9 Å².